The van der Waals surface area contributed by atoms with Crippen molar-refractivity contribution in [3.63, 3.8) is 0 Å². The van der Waals surface area contributed by atoms with Crippen LogP contribution in [0.5, 0.6) is 0 Å². The van der Waals surface area contributed by atoms with E-state index in [1.54, 1.807) is 0 Å². The lowest BCUT2D eigenvalue weighted by atomic mass is 9.86. The van der Waals surface area contributed by atoms with Gasteiger partial charge in [-0.15, -0.1) is 0 Å². The lowest BCUT2D eigenvalue weighted by Gasteiger charge is -2.17. The number of fused-ring (bicyclic) bond motifs is 2. The van der Waals surface area contributed by atoms with Crippen LogP contribution in [-0.2, 0) is 0 Å². The summed E-state index contributed by atoms with van der Waals surface area (Å²) in [6.45, 7) is 0. The van der Waals surface area contributed by atoms with Gasteiger partial charge < -0.3 is 0 Å². The summed E-state index contributed by atoms with van der Waals surface area (Å²) in [6, 6.07) is 104. The van der Waals surface area contributed by atoms with Gasteiger partial charge in [0.05, 0.1) is 0 Å². The smallest absolute Gasteiger partial charge is 0.00203 e. The molecule has 0 unspecified atom stereocenters. The molecule has 0 heteroatoms. The number of benzene rings is 16. The van der Waals surface area contributed by atoms with E-state index >= 15 is 0 Å². The van der Waals surface area contributed by atoms with Gasteiger partial charge in [-0.3, -0.25) is 0 Å². The molecular weight excluding hydrogens is 913 g/mol. The normalized spacial score (nSPS) is 11.9. The zero-order valence-corrected chi connectivity index (χ0v) is 41.6. The van der Waals surface area contributed by atoms with E-state index < -0.39 is 0 Å². The molecule has 0 bridgehead atoms. The Kier molecular flexibility index (Phi) is 9.44. The zero-order valence-electron chi connectivity index (χ0n) is 41.6. The molecule has 0 radical (unpaired) electrons. The van der Waals surface area contributed by atoms with Gasteiger partial charge in [0, 0.05) is 0 Å². The van der Waals surface area contributed by atoms with Crippen LogP contribution in [0.1, 0.15) is 0 Å². The molecule has 0 saturated carbocycles. The van der Waals surface area contributed by atoms with Crippen LogP contribution in [-0.4, -0.2) is 0 Å². The summed E-state index contributed by atoms with van der Waals surface area (Å²) in [5, 5.41) is 20.6. The van der Waals surface area contributed by atoms with Crippen LogP contribution in [0.15, 0.2) is 279 Å². The van der Waals surface area contributed by atoms with Crippen molar-refractivity contribution in [3.05, 3.63) is 279 Å². The predicted octanol–water partition coefficient (Wildman–Crippen LogP) is 21.5. The molecule has 76 heavy (non-hydrogen) atoms. The van der Waals surface area contributed by atoms with E-state index in [1.807, 2.05) is 0 Å². The second kappa shape index (κ2) is 16.8. The fraction of sp³-hybridized carbons (Fsp3) is 0. The van der Waals surface area contributed by atoms with Crippen LogP contribution < -0.4 is 0 Å². The first-order valence-electron chi connectivity index (χ1n) is 26.5. The van der Waals surface area contributed by atoms with E-state index in [-0.39, 0.29) is 0 Å². The van der Waals surface area contributed by atoms with E-state index in [1.165, 1.54) is 164 Å². The lowest BCUT2D eigenvalue weighted by Crippen LogP contribution is -1.90. The Balaban J connectivity index is 0.739. The van der Waals surface area contributed by atoms with Gasteiger partial charge in [0.2, 0.25) is 0 Å². The summed E-state index contributed by atoms with van der Waals surface area (Å²) in [5.74, 6) is 0. The molecule has 0 aromatic heterocycles. The van der Waals surface area contributed by atoms with Crippen molar-refractivity contribution in [2.24, 2.45) is 0 Å². The third-order valence-electron chi connectivity index (χ3n) is 16.6. The summed E-state index contributed by atoms with van der Waals surface area (Å²) in [7, 11) is 0. The molecule has 0 amide bonds. The molecule has 0 atom stereocenters. The molecule has 0 aliphatic heterocycles. The van der Waals surface area contributed by atoms with Crippen LogP contribution in [0.25, 0.3) is 164 Å². The zero-order chi connectivity index (χ0) is 49.8. The maximum Gasteiger partial charge on any atom is -0.00203 e. The fourth-order valence-corrected chi connectivity index (χ4v) is 12.9. The summed E-state index contributed by atoms with van der Waals surface area (Å²) >= 11 is 0. The first-order valence-corrected chi connectivity index (χ1v) is 26.5. The SMILES string of the molecule is c1cc(-c2cccc(-c3ccc4ccc5c(-c6ccc(-c7cccc8ccccc78)cc6)ccc6ccc3c4c65)c2)cc(-c2cccc(-c3ccc4ccc5c(-c6ccc7ccccc7c6)ccc6ccc3c4c65)c2)c1. The molecule has 0 spiro atoms. The Bertz CT molecular complexity index is 4970. The van der Waals surface area contributed by atoms with Crippen molar-refractivity contribution in [2.75, 3.05) is 0 Å². The number of rotatable bonds is 7. The lowest BCUT2D eigenvalue weighted by molar-refractivity contribution is 1.58. The quantitative estimate of drug-likeness (QED) is 0.140. The third kappa shape index (κ3) is 6.71. The summed E-state index contributed by atoms with van der Waals surface area (Å²) in [5.41, 5.74) is 17.2. The monoisotopic (exact) mass is 958 g/mol. The Labute approximate surface area is 440 Å². The van der Waals surface area contributed by atoms with E-state index in [2.05, 4.69) is 279 Å². The minimum absolute atomic E-state index is 1.20. The predicted molar refractivity (Wildman–Crippen MR) is 327 cm³/mol. The second-order valence-electron chi connectivity index (χ2n) is 20.7. The van der Waals surface area contributed by atoms with Gasteiger partial charge in [0.15, 0.2) is 0 Å². The van der Waals surface area contributed by atoms with Crippen LogP contribution in [0, 0.1) is 0 Å². The Morgan fingerprint density at radius 2 is 0.434 bits per heavy atom. The van der Waals surface area contributed by atoms with E-state index in [4.69, 9.17) is 0 Å². The highest BCUT2D eigenvalue weighted by Gasteiger charge is 2.18. The average Bonchev–Trinajstić information content (AvgIpc) is 3.59. The highest BCUT2D eigenvalue weighted by atomic mass is 14.2. The van der Waals surface area contributed by atoms with Gasteiger partial charge in [-0.25, -0.2) is 0 Å². The van der Waals surface area contributed by atoms with Crippen molar-refractivity contribution in [1.29, 1.82) is 0 Å². The molecule has 0 N–H and O–H groups in total. The minimum Gasteiger partial charge on any atom is -0.0616 e. The number of hydrogen-bond donors (Lipinski definition) is 0. The highest BCUT2D eigenvalue weighted by molar-refractivity contribution is 6.29. The Morgan fingerprint density at radius 1 is 0.132 bits per heavy atom. The van der Waals surface area contributed by atoms with Gasteiger partial charge in [0.25, 0.3) is 0 Å². The molecule has 350 valence electrons. The maximum atomic E-state index is 2.38. The van der Waals surface area contributed by atoms with Crippen LogP contribution >= 0.6 is 0 Å². The summed E-state index contributed by atoms with van der Waals surface area (Å²) < 4.78 is 0. The van der Waals surface area contributed by atoms with Crippen molar-refractivity contribution < 1.29 is 0 Å². The van der Waals surface area contributed by atoms with E-state index in [0.29, 0.717) is 0 Å². The standard InChI is InChI=1S/C76H46/c1-2-11-55-44-62(26-21-47(55)9-1)68-38-30-54-33-41-71-67(37-29-53-34-42-72(68)76(54)75(53)71)61-18-7-16-59(46-61)57-14-5-13-56(43-57)58-15-6-17-60(45-58)66-36-28-52-31-39-69-65(35-27-51-32-40-70(66)74(52)73(51)69)50-24-22-49(23-25-50)64-20-8-12-48-10-3-4-19-63(48)64/h1-46H. The van der Waals surface area contributed by atoms with Crippen molar-refractivity contribution in [3.8, 4) is 77.9 Å². The van der Waals surface area contributed by atoms with Crippen LogP contribution in [0.4, 0.5) is 0 Å². The van der Waals surface area contributed by atoms with Gasteiger partial charge >= 0.3 is 0 Å². The second-order valence-corrected chi connectivity index (χ2v) is 20.7. The maximum absolute atomic E-state index is 2.38. The highest BCUT2D eigenvalue weighted by Crippen LogP contribution is 2.46. The topological polar surface area (TPSA) is 0 Å². The van der Waals surface area contributed by atoms with Crippen LogP contribution in [0.2, 0.25) is 0 Å². The Hall–Kier alpha value is -9.88. The van der Waals surface area contributed by atoms with Crippen LogP contribution in [0.3, 0.4) is 0 Å². The van der Waals surface area contributed by atoms with Gasteiger partial charge in [-0.1, -0.05) is 255 Å². The minimum atomic E-state index is 1.20. The average molecular weight is 959 g/mol. The molecule has 0 aliphatic carbocycles. The third-order valence-corrected chi connectivity index (χ3v) is 16.6. The van der Waals surface area contributed by atoms with Gasteiger partial charge in [-0.2, -0.15) is 0 Å². The molecular formula is C76H46. The molecule has 0 saturated heterocycles. The van der Waals surface area contributed by atoms with E-state index in [9.17, 15) is 0 Å². The molecule has 16 aromatic carbocycles. The molecule has 16 rings (SSSR count). The first kappa shape index (κ1) is 42.6. The largest absolute Gasteiger partial charge is 0.0616 e. The fourth-order valence-electron chi connectivity index (χ4n) is 12.9. The molecule has 0 aliphatic rings. The molecule has 0 heterocycles. The first-order chi connectivity index (χ1) is 37.6. The Morgan fingerprint density at radius 3 is 0.908 bits per heavy atom. The van der Waals surface area contributed by atoms with Crippen molar-refractivity contribution in [1.82, 2.24) is 0 Å². The van der Waals surface area contributed by atoms with Gasteiger partial charge in [-0.05, 0) is 188 Å². The molecule has 0 nitrogen and oxygen atoms in total. The van der Waals surface area contributed by atoms with E-state index in [0.717, 1.165) is 0 Å². The summed E-state index contributed by atoms with van der Waals surface area (Å²) in [4.78, 5) is 0. The summed E-state index contributed by atoms with van der Waals surface area (Å²) in [6.07, 6.45) is 0. The van der Waals surface area contributed by atoms with Crippen molar-refractivity contribution >= 4 is 86.2 Å². The molecule has 16 aromatic rings. The molecule has 0 fully saturated rings. The van der Waals surface area contributed by atoms with Gasteiger partial charge in [0.1, 0.15) is 0 Å². The van der Waals surface area contributed by atoms with Crippen molar-refractivity contribution in [2.45, 2.75) is 0 Å². The number of hydrogen-bond acceptors (Lipinski definition) is 0.